The SMILES string of the molecule is O=S(=O)=NC=NO. The minimum Gasteiger partial charge on any atom is -0.410 e. The molecule has 0 rings (SSSR count). The maximum atomic E-state index is 9.39. The fraction of sp³-hybridized carbons (Fsp3) is 0. The van der Waals surface area contributed by atoms with E-state index >= 15 is 0 Å². The van der Waals surface area contributed by atoms with Crippen molar-refractivity contribution in [3.05, 3.63) is 0 Å². The first-order valence-electron chi connectivity index (χ1n) is 1.23. The summed E-state index contributed by atoms with van der Waals surface area (Å²) in [5.41, 5.74) is 0. The van der Waals surface area contributed by atoms with Gasteiger partial charge in [-0.1, -0.05) is 5.16 Å². The molecule has 0 aromatic carbocycles. The zero-order chi connectivity index (χ0) is 5.70. The molecule has 0 aliphatic carbocycles. The van der Waals surface area contributed by atoms with Gasteiger partial charge in [0, 0.05) is 0 Å². The molecular weight excluding hydrogens is 120 g/mol. The summed E-state index contributed by atoms with van der Waals surface area (Å²) in [4.78, 5) is 0. The molecule has 7 heavy (non-hydrogen) atoms. The summed E-state index contributed by atoms with van der Waals surface area (Å²) in [6, 6.07) is 0. The van der Waals surface area contributed by atoms with Gasteiger partial charge < -0.3 is 5.21 Å². The van der Waals surface area contributed by atoms with E-state index in [1.54, 1.807) is 0 Å². The molecule has 1 N–H and O–H groups in total. The molecule has 0 aliphatic rings. The average molecular weight is 122 g/mol. The van der Waals surface area contributed by atoms with E-state index in [1.165, 1.54) is 0 Å². The topological polar surface area (TPSA) is 79.1 Å². The van der Waals surface area contributed by atoms with Crippen LogP contribution >= 0.6 is 0 Å². The monoisotopic (exact) mass is 122 g/mol. The molecule has 0 heterocycles. The van der Waals surface area contributed by atoms with E-state index in [2.05, 4.69) is 9.52 Å². The molecule has 0 aliphatic heterocycles. The smallest absolute Gasteiger partial charge is 0.317 e. The fourth-order valence-electron chi connectivity index (χ4n) is 0.0596. The Bertz CT molecular complexity index is 169. The molecule has 0 radical (unpaired) electrons. The van der Waals surface area contributed by atoms with Crippen LogP contribution in [0, 0.1) is 0 Å². The number of rotatable bonds is 1. The van der Waals surface area contributed by atoms with E-state index < -0.39 is 10.5 Å². The molecule has 0 aromatic heterocycles. The van der Waals surface area contributed by atoms with Crippen LogP contribution in [0.25, 0.3) is 0 Å². The standard InChI is InChI=1S/CH2N2O3S/c4-2-1-3-7(5)6/h1,4H. The minimum absolute atomic E-state index is 0.517. The molecule has 6 heteroatoms. The average Bonchev–Trinajstić information content (AvgIpc) is 1.61. The Labute approximate surface area is 41.0 Å². The van der Waals surface area contributed by atoms with E-state index in [9.17, 15) is 8.42 Å². The van der Waals surface area contributed by atoms with Crippen LogP contribution < -0.4 is 0 Å². The van der Waals surface area contributed by atoms with Gasteiger partial charge in [-0.05, 0) is 0 Å². The highest BCUT2D eigenvalue weighted by Gasteiger charge is 1.60. The molecule has 0 fully saturated rings. The van der Waals surface area contributed by atoms with Crippen LogP contribution in [0.4, 0.5) is 0 Å². The van der Waals surface area contributed by atoms with Gasteiger partial charge in [0.15, 0.2) is 6.34 Å². The third-order valence-electron chi connectivity index (χ3n) is 0.185. The summed E-state index contributed by atoms with van der Waals surface area (Å²) < 4.78 is 21.4. The Morgan fingerprint density at radius 1 is 1.57 bits per heavy atom. The van der Waals surface area contributed by atoms with Crippen LogP contribution in [0.15, 0.2) is 9.52 Å². The maximum Gasteiger partial charge on any atom is 0.317 e. The highest BCUT2D eigenvalue weighted by atomic mass is 32.2. The predicted octanol–water partition coefficient (Wildman–Crippen LogP) is -0.533. The van der Waals surface area contributed by atoms with E-state index in [0.29, 0.717) is 6.34 Å². The highest BCUT2D eigenvalue weighted by Crippen LogP contribution is 1.53. The first-order valence-corrected chi connectivity index (χ1v) is 2.26. The molecular formula is CH2N2O3S. The third-order valence-corrected chi connectivity index (χ3v) is 0.451. The molecule has 0 saturated heterocycles. The molecule has 0 aromatic rings. The van der Waals surface area contributed by atoms with Crippen LogP contribution in [0.2, 0.25) is 0 Å². The van der Waals surface area contributed by atoms with Crippen molar-refractivity contribution in [1.29, 1.82) is 0 Å². The van der Waals surface area contributed by atoms with Gasteiger partial charge in [0.05, 0.1) is 0 Å². The van der Waals surface area contributed by atoms with Gasteiger partial charge in [0.25, 0.3) is 0 Å². The quantitative estimate of drug-likeness (QED) is 0.219. The van der Waals surface area contributed by atoms with E-state index in [4.69, 9.17) is 5.21 Å². The molecule has 0 spiro atoms. The molecule has 5 nitrogen and oxygen atoms in total. The normalized spacial score (nSPS) is 9.14. The van der Waals surface area contributed by atoms with Crippen molar-refractivity contribution >= 4 is 16.8 Å². The minimum atomic E-state index is -2.50. The zero-order valence-electron chi connectivity index (χ0n) is 3.14. The lowest BCUT2D eigenvalue weighted by Gasteiger charge is -1.57. The van der Waals surface area contributed by atoms with Gasteiger partial charge in [0.2, 0.25) is 0 Å². The number of hydrogen-bond acceptors (Lipinski definition) is 4. The fourth-order valence-corrected chi connectivity index (χ4v) is 0.179. The Morgan fingerprint density at radius 2 is 2.14 bits per heavy atom. The number of nitrogens with zero attached hydrogens (tertiary/aromatic N) is 2. The van der Waals surface area contributed by atoms with Gasteiger partial charge in [-0.2, -0.15) is 8.42 Å². The second-order valence-electron chi connectivity index (χ2n) is 0.553. The van der Waals surface area contributed by atoms with Crippen molar-refractivity contribution in [3.8, 4) is 0 Å². The van der Waals surface area contributed by atoms with E-state index in [-0.39, 0.29) is 0 Å². The highest BCUT2D eigenvalue weighted by molar-refractivity contribution is 7.62. The van der Waals surface area contributed by atoms with Gasteiger partial charge in [0.1, 0.15) is 0 Å². The lowest BCUT2D eigenvalue weighted by Crippen LogP contribution is -1.61. The first-order chi connectivity index (χ1) is 3.27. The van der Waals surface area contributed by atoms with Crippen LogP contribution in [0.1, 0.15) is 0 Å². The Kier molecular flexibility index (Phi) is 2.86. The number of hydrogen-bond donors (Lipinski definition) is 1. The summed E-state index contributed by atoms with van der Waals surface area (Å²) in [5.74, 6) is 0. The van der Waals surface area contributed by atoms with Crippen molar-refractivity contribution in [2.75, 3.05) is 0 Å². The lowest BCUT2D eigenvalue weighted by molar-refractivity contribution is 0.321. The van der Waals surface area contributed by atoms with Gasteiger partial charge in [-0.3, -0.25) is 0 Å². The molecule has 0 bridgehead atoms. The zero-order valence-corrected chi connectivity index (χ0v) is 3.96. The van der Waals surface area contributed by atoms with Crippen LogP contribution in [-0.2, 0) is 10.5 Å². The van der Waals surface area contributed by atoms with E-state index in [1.807, 2.05) is 0 Å². The second-order valence-corrected chi connectivity index (χ2v) is 1.20. The van der Waals surface area contributed by atoms with Gasteiger partial charge >= 0.3 is 10.5 Å². The van der Waals surface area contributed by atoms with Crippen molar-refractivity contribution < 1.29 is 13.6 Å². The van der Waals surface area contributed by atoms with Gasteiger partial charge in [-0.15, -0.1) is 4.36 Å². The van der Waals surface area contributed by atoms with Crippen molar-refractivity contribution in [3.63, 3.8) is 0 Å². The molecule has 0 amide bonds. The molecule has 0 atom stereocenters. The molecule has 0 unspecified atom stereocenters. The third kappa shape index (κ3) is 5.09. The second kappa shape index (κ2) is 3.29. The van der Waals surface area contributed by atoms with Crippen molar-refractivity contribution in [1.82, 2.24) is 0 Å². The van der Waals surface area contributed by atoms with Crippen LogP contribution in [-0.4, -0.2) is 20.0 Å². The Balaban J connectivity index is 3.98. The molecule has 0 saturated carbocycles. The largest absolute Gasteiger partial charge is 0.410 e. The number of oxime groups is 1. The summed E-state index contributed by atoms with van der Waals surface area (Å²) in [5, 5.41) is 9.81. The predicted molar refractivity (Wildman–Crippen MR) is 21.6 cm³/mol. The maximum absolute atomic E-state index is 9.39. The van der Waals surface area contributed by atoms with E-state index in [0.717, 1.165) is 0 Å². The van der Waals surface area contributed by atoms with Crippen LogP contribution in [0.3, 0.4) is 0 Å². The van der Waals surface area contributed by atoms with Crippen molar-refractivity contribution in [2.45, 2.75) is 0 Å². The summed E-state index contributed by atoms with van der Waals surface area (Å²) in [7, 11) is -2.50. The summed E-state index contributed by atoms with van der Waals surface area (Å²) in [6.07, 6.45) is 0.517. The summed E-state index contributed by atoms with van der Waals surface area (Å²) >= 11 is 0. The van der Waals surface area contributed by atoms with Crippen molar-refractivity contribution in [2.24, 2.45) is 9.52 Å². The molecule has 40 valence electrons. The van der Waals surface area contributed by atoms with Crippen LogP contribution in [0.5, 0.6) is 0 Å². The lowest BCUT2D eigenvalue weighted by atomic mass is 11.4. The first kappa shape index (κ1) is 6.09. The van der Waals surface area contributed by atoms with Gasteiger partial charge in [-0.25, -0.2) is 0 Å². The Morgan fingerprint density at radius 3 is 2.29 bits per heavy atom. The Hall–Kier alpha value is -0.910. The summed E-state index contributed by atoms with van der Waals surface area (Å²) in [6.45, 7) is 0.